The second-order valence-corrected chi connectivity index (χ2v) is 5.65. The van der Waals surface area contributed by atoms with E-state index in [4.69, 9.17) is 0 Å². The predicted octanol–water partition coefficient (Wildman–Crippen LogP) is 1.07. The normalized spacial score (nSPS) is 18.0. The van der Waals surface area contributed by atoms with Gasteiger partial charge in [-0.05, 0) is 39.3 Å². The van der Waals surface area contributed by atoms with Gasteiger partial charge in [-0.25, -0.2) is 0 Å². The molecule has 1 aliphatic heterocycles. The number of carbonyl (C=O) groups excluding carboxylic acids is 1. The van der Waals surface area contributed by atoms with E-state index in [9.17, 15) is 10.1 Å². The van der Waals surface area contributed by atoms with Crippen molar-refractivity contribution in [2.45, 2.75) is 38.6 Å². The fourth-order valence-corrected chi connectivity index (χ4v) is 2.52. The summed E-state index contributed by atoms with van der Waals surface area (Å²) in [4.78, 5) is 14.7. The molecule has 0 bridgehead atoms. The number of nitriles is 1. The first-order chi connectivity index (χ1) is 9.99. The van der Waals surface area contributed by atoms with Gasteiger partial charge in [0.25, 0.3) is 5.91 Å². The van der Waals surface area contributed by atoms with Crippen molar-refractivity contribution in [3.05, 3.63) is 23.0 Å². The van der Waals surface area contributed by atoms with E-state index in [0.29, 0.717) is 36.2 Å². The molecule has 1 aliphatic rings. The first-order valence-electron chi connectivity index (χ1n) is 7.25. The van der Waals surface area contributed by atoms with Gasteiger partial charge in [-0.1, -0.05) is 6.92 Å². The summed E-state index contributed by atoms with van der Waals surface area (Å²) in [6.07, 6.45) is 1.92. The van der Waals surface area contributed by atoms with Gasteiger partial charge in [0.2, 0.25) is 0 Å². The molecular weight excluding hydrogens is 266 g/mol. The van der Waals surface area contributed by atoms with E-state index in [2.05, 4.69) is 26.5 Å². The van der Waals surface area contributed by atoms with Crippen molar-refractivity contribution < 1.29 is 4.79 Å². The fraction of sp³-hybridized carbons (Fsp3) is 0.600. The molecule has 1 N–H and O–H groups in total. The van der Waals surface area contributed by atoms with Crippen molar-refractivity contribution in [3.63, 3.8) is 0 Å². The van der Waals surface area contributed by atoms with Crippen molar-refractivity contribution in [1.29, 1.82) is 5.26 Å². The molecule has 21 heavy (non-hydrogen) atoms. The van der Waals surface area contributed by atoms with Crippen molar-refractivity contribution >= 4 is 5.91 Å². The summed E-state index contributed by atoms with van der Waals surface area (Å²) in [6, 6.07) is 4.03. The molecule has 1 aromatic heterocycles. The first-order valence-corrected chi connectivity index (χ1v) is 7.25. The van der Waals surface area contributed by atoms with Crippen molar-refractivity contribution in [3.8, 4) is 6.07 Å². The third kappa shape index (κ3) is 3.37. The van der Waals surface area contributed by atoms with Crippen LogP contribution < -0.4 is 5.32 Å². The average molecular weight is 287 g/mol. The molecule has 2 heterocycles. The SMILES string of the molecule is CCc1nnc(C)cc1C(=O)NC1(C#N)CCN(C)CC1. The Kier molecular flexibility index (Phi) is 4.53. The molecule has 112 valence electrons. The van der Waals surface area contributed by atoms with Crippen molar-refractivity contribution in [2.75, 3.05) is 20.1 Å². The molecule has 0 aliphatic carbocycles. The average Bonchev–Trinajstić information content (AvgIpc) is 2.49. The fourth-order valence-electron chi connectivity index (χ4n) is 2.52. The Balaban J connectivity index is 2.21. The predicted molar refractivity (Wildman–Crippen MR) is 78.7 cm³/mol. The lowest BCUT2D eigenvalue weighted by molar-refractivity contribution is 0.0880. The molecule has 1 aromatic rings. The Morgan fingerprint density at radius 1 is 1.48 bits per heavy atom. The number of hydrogen-bond donors (Lipinski definition) is 1. The second-order valence-electron chi connectivity index (χ2n) is 5.65. The summed E-state index contributed by atoms with van der Waals surface area (Å²) in [5, 5.41) is 20.5. The van der Waals surface area contributed by atoms with Gasteiger partial charge >= 0.3 is 0 Å². The van der Waals surface area contributed by atoms with Crippen LogP contribution in [0.5, 0.6) is 0 Å². The maximum Gasteiger partial charge on any atom is 0.254 e. The summed E-state index contributed by atoms with van der Waals surface area (Å²) in [6.45, 7) is 5.36. The third-order valence-electron chi connectivity index (χ3n) is 3.98. The number of carbonyl (C=O) groups is 1. The lowest BCUT2D eigenvalue weighted by Gasteiger charge is -2.36. The minimum absolute atomic E-state index is 0.226. The maximum absolute atomic E-state index is 12.5. The molecule has 0 aromatic carbocycles. The topological polar surface area (TPSA) is 81.9 Å². The quantitative estimate of drug-likeness (QED) is 0.899. The number of rotatable bonds is 3. The van der Waals surface area contributed by atoms with Gasteiger partial charge in [-0.15, -0.1) is 0 Å². The standard InChI is InChI=1S/C15H21N5O/c1-4-13-12(9-11(2)18-19-13)14(21)17-15(10-16)5-7-20(3)8-6-15/h9H,4-8H2,1-3H3,(H,17,21). The maximum atomic E-state index is 12.5. The molecule has 0 radical (unpaired) electrons. The molecule has 1 saturated heterocycles. The Bertz CT molecular complexity index is 570. The highest BCUT2D eigenvalue weighted by molar-refractivity contribution is 5.96. The van der Waals surface area contributed by atoms with E-state index in [-0.39, 0.29) is 5.91 Å². The number of aryl methyl sites for hydroxylation is 2. The van der Waals surface area contributed by atoms with Gasteiger partial charge in [-0.2, -0.15) is 15.5 Å². The summed E-state index contributed by atoms with van der Waals surface area (Å²) < 4.78 is 0. The van der Waals surface area contributed by atoms with Crippen LogP contribution in [0, 0.1) is 18.3 Å². The summed E-state index contributed by atoms with van der Waals surface area (Å²) in [7, 11) is 2.02. The van der Waals surface area contributed by atoms with Crippen LogP contribution in [0.3, 0.4) is 0 Å². The number of hydrogen-bond acceptors (Lipinski definition) is 5. The van der Waals surface area contributed by atoms with Crippen LogP contribution in [0.15, 0.2) is 6.07 Å². The zero-order valence-electron chi connectivity index (χ0n) is 12.8. The van der Waals surface area contributed by atoms with Crippen LogP contribution in [0.4, 0.5) is 0 Å². The molecular formula is C15H21N5O. The number of likely N-dealkylation sites (tertiary alicyclic amines) is 1. The van der Waals surface area contributed by atoms with Crippen LogP contribution in [0.1, 0.15) is 41.5 Å². The van der Waals surface area contributed by atoms with Crippen LogP contribution in [0.25, 0.3) is 0 Å². The summed E-state index contributed by atoms with van der Waals surface area (Å²) in [5.41, 5.74) is 1.12. The molecule has 0 atom stereocenters. The zero-order valence-corrected chi connectivity index (χ0v) is 12.8. The summed E-state index contributed by atoms with van der Waals surface area (Å²) >= 11 is 0. The van der Waals surface area contributed by atoms with Gasteiger partial charge < -0.3 is 10.2 Å². The highest BCUT2D eigenvalue weighted by Gasteiger charge is 2.36. The third-order valence-corrected chi connectivity index (χ3v) is 3.98. The van der Waals surface area contributed by atoms with Crippen LogP contribution in [-0.4, -0.2) is 46.7 Å². The minimum Gasteiger partial charge on any atom is -0.334 e. The lowest BCUT2D eigenvalue weighted by Crippen LogP contribution is -2.54. The second kappa shape index (κ2) is 6.19. The minimum atomic E-state index is -0.772. The van der Waals surface area contributed by atoms with Crippen molar-refractivity contribution in [1.82, 2.24) is 20.4 Å². The van der Waals surface area contributed by atoms with E-state index < -0.39 is 5.54 Å². The van der Waals surface area contributed by atoms with Crippen LogP contribution in [-0.2, 0) is 6.42 Å². The number of aromatic nitrogens is 2. The zero-order chi connectivity index (χ0) is 15.5. The Morgan fingerprint density at radius 2 is 2.14 bits per heavy atom. The molecule has 1 amide bonds. The smallest absolute Gasteiger partial charge is 0.254 e. The number of piperidine rings is 1. The number of nitrogens with zero attached hydrogens (tertiary/aromatic N) is 4. The lowest BCUT2D eigenvalue weighted by atomic mass is 9.88. The number of nitrogens with one attached hydrogen (secondary N) is 1. The molecule has 0 spiro atoms. The summed E-state index contributed by atoms with van der Waals surface area (Å²) in [5.74, 6) is -0.226. The van der Waals surface area contributed by atoms with E-state index >= 15 is 0 Å². The van der Waals surface area contributed by atoms with E-state index in [1.807, 2.05) is 14.0 Å². The van der Waals surface area contributed by atoms with Crippen molar-refractivity contribution in [2.24, 2.45) is 0 Å². The number of amides is 1. The Hall–Kier alpha value is -2.00. The van der Waals surface area contributed by atoms with Gasteiger partial charge in [0, 0.05) is 13.1 Å². The van der Waals surface area contributed by atoms with Gasteiger partial charge in [0.05, 0.1) is 23.0 Å². The first kappa shape index (κ1) is 15.4. The monoisotopic (exact) mass is 287 g/mol. The highest BCUT2D eigenvalue weighted by Crippen LogP contribution is 2.22. The molecule has 1 fully saturated rings. The molecule has 6 heteroatoms. The van der Waals surface area contributed by atoms with Gasteiger partial charge in [0.1, 0.15) is 5.54 Å². The van der Waals surface area contributed by atoms with E-state index in [1.165, 1.54) is 0 Å². The molecule has 6 nitrogen and oxygen atoms in total. The Labute approximate surface area is 125 Å². The van der Waals surface area contributed by atoms with Gasteiger partial charge in [0.15, 0.2) is 0 Å². The van der Waals surface area contributed by atoms with Crippen LogP contribution in [0.2, 0.25) is 0 Å². The van der Waals surface area contributed by atoms with E-state index in [1.54, 1.807) is 13.0 Å². The molecule has 0 saturated carbocycles. The highest BCUT2D eigenvalue weighted by atomic mass is 16.1. The molecule has 0 unspecified atom stereocenters. The largest absolute Gasteiger partial charge is 0.334 e. The Morgan fingerprint density at radius 3 is 2.71 bits per heavy atom. The van der Waals surface area contributed by atoms with E-state index in [0.717, 1.165) is 13.1 Å². The van der Waals surface area contributed by atoms with Crippen LogP contribution >= 0.6 is 0 Å². The molecule has 2 rings (SSSR count). The van der Waals surface area contributed by atoms with Gasteiger partial charge in [-0.3, -0.25) is 4.79 Å².